The summed E-state index contributed by atoms with van der Waals surface area (Å²) in [6.07, 6.45) is 0. The lowest BCUT2D eigenvalue weighted by Gasteiger charge is -2.23. The normalized spacial score (nSPS) is 12.0. The van der Waals surface area contributed by atoms with Gasteiger partial charge < -0.3 is 5.32 Å². The Morgan fingerprint density at radius 2 is 1.71 bits per heavy atom. The maximum atomic E-state index is 3.58. The topological polar surface area (TPSA) is 15.3 Å². The van der Waals surface area contributed by atoms with Gasteiger partial charge in [0.1, 0.15) is 0 Å². The molecule has 2 aromatic rings. The van der Waals surface area contributed by atoms with Crippen LogP contribution in [0.5, 0.6) is 0 Å². The second-order valence-electron chi connectivity index (χ2n) is 6.62. The molecule has 0 spiro atoms. The standard InChI is InChI=1S/C18H26N2S/c1-18(2,3)19-12-15-8-5-6-9-16(15)13-20(4)14-17-10-7-11-21-17/h5-11,19H,12-14H2,1-4H3. The van der Waals surface area contributed by atoms with Crippen LogP contribution in [0, 0.1) is 0 Å². The zero-order valence-electron chi connectivity index (χ0n) is 13.5. The van der Waals surface area contributed by atoms with Crippen molar-refractivity contribution < 1.29 is 0 Å². The van der Waals surface area contributed by atoms with Gasteiger partial charge in [0, 0.05) is 30.1 Å². The van der Waals surface area contributed by atoms with Crippen molar-refractivity contribution in [3.63, 3.8) is 0 Å². The fourth-order valence-electron chi connectivity index (χ4n) is 2.26. The fourth-order valence-corrected chi connectivity index (χ4v) is 3.04. The summed E-state index contributed by atoms with van der Waals surface area (Å²) in [5.74, 6) is 0. The van der Waals surface area contributed by atoms with E-state index in [9.17, 15) is 0 Å². The minimum Gasteiger partial charge on any atom is -0.308 e. The smallest absolute Gasteiger partial charge is 0.0328 e. The third-order valence-corrected chi connectivity index (χ3v) is 4.23. The molecule has 0 aliphatic heterocycles. The molecule has 3 heteroatoms. The van der Waals surface area contributed by atoms with E-state index in [4.69, 9.17) is 0 Å². The van der Waals surface area contributed by atoms with Crippen molar-refractivity contribution >= 4 is 11.3 Å². The number of nitrogens with zero attached hydrogens (tertiary/aromatic N) is 1. The zero-order valence-corrected chi connectivity index (χ0v) is 14.3. The first-order valence-electron chi connectivity index (χ1n) is 7.47. The first-order valence-corrected chi connectivity index (χ1v) is 8.35. The zero-order chi connectivity index (χ0) is 15.3. The highest BCUT2D eigenvalue weighted by atomic mass is 32.1. The number of hydrogen-bond acceptors (Lipinski definition) is 3. The lowest BCUT2D eigenvalue weighted by Crippen LogP contribution is -2.35. The monoisotopic (exact) mass is 302 g/mol. The van der Waals surface area contributed by atoms with Gasteiger partial charge in [-0.15, -0.1) is 11.3 Å². The molecule has 0 aliphatic carbocycles. The van der Waals surface area contributed by atoms with Crippen LogP contribution in [0.1, 0.15) is 36.8 Å². The molecule has 0 aliphatic rings. The molecule has 0 unspecified atom stereocenters. The molecule has 0 atom stereocenters. The predicted octanol–water partition coefficient (Wildman–Crippen LogP) is 4.27. The van der Waals surface area contributed by atoms with Gasteiger partial charge in [0.2, 0.25) is 0 Å². The van der Waals surface area contributed by atoms with Crippen LogP contribution in [-0.4, -0.2) is 17.5 Å². The van der Waals surface area contributed by atoms with E-state index in [1.165, 1.54) is 16.0 Å². The molecule has 114 valence electrons. The molecule has 2 nitrogen and oxygen atoms in total. The van der Waals surface area contributed by atoms with Crippen molar-refractivity contribution in [1.82, 2.24) is 10.2 Å². The van der Waals surface area contributed by atoms with Gasteiger partial charge in [-0.05, 0) is 50.4 Å². The fraction of sp³-hybridized carbons (Fsp3) is 0.444. The van der Waals surface area contributed by atoms with Crippen molar-refractivity contribution in [3.8, 4) is 0 Å². The number of benzene rings is 1. The van der Waals surface area contributed by atoms with Crippen LogP contribution in [0.2, 0.25) is 0 Å². The summed E-state index contributed by atoms with van der Waals surface area (Å²) in [6.45, 7) is 9.54. The third-order valence-electron chi connectivity index (χ3n) is 3.37. The maximum Gasteiger partial charge on any atom is 0.0328 e. The summed E-state index contributed by atoms with van der Waals surface area (Å²) in [4.78, 5) is 3.80. The summed E-state index contributed by atoms with van der Waals surface area (Å²) < 4.78 is 0. The van der Waals surface area contributed by atoms with Crippen LogP contribution in [0.4, 0.5) is 0 Å². The second kappa shape index (κ2) is 7.21. The number of nitrogens with one attached hydrogen (secondary N) is 1. The average Bonchev–Trinajstić information content (AvgIpc) is 2.89. The molecule has 1 aromatic carbocycles. The van der Waals surface area contributed by atoms with Crippen LogP contribution < -0.4 is 5.32 Å². The molecular formula is C18H26N2S. The lowest BCUT2D eigenvalue weighted by molar-refractivity contribution is 0.320. The molecule has 0 bridgehead atoms. The minimum absolute atomic E-state index is 0.149. The van der Waals surface area contributed by atoms with Gasteiger partial charge in [-0.2, -0.15) is 0 Å². The first-order chi connectivity index (χ1) is 9.94. The van der Waals surface area contributed by atoms with Crippen molar-refractivity contribution in [2.45, 2.75) is 45.9 Å². The Labute approximate surface area is 132 Å². The summed E-state index contributed by atoms with van der Waals surface area (Å²) >= 11 is 1.83. The molecule has 2 rings (SSSR count). The van der Waals surface area contributed by atoms with Crippen LogP contribution in [0.3, 0.4) is 0 Å². The Hall–Kier alpha value is -1.16. The van der Waals surface area contributed by atoms with E-state index in [1.807, 2.05) is 11.3 Å². The summed E-state index contributed by atoms with van der Waals surface area (Å²) in [5, 5.41) is 5.72. The van der Waals surface area contributed by atoms with E-state index in [2.05, 4.69) is 79.8 Å². The van der Waals surface area contributed by atoms with Gasteiger partial charge in [0.15, 0.2) is 0 Å². The first kappa shape index (κ1) is 16.2. The SMILES string of the molecule is CN(Cc1cccs1)Cc1ccccc1CNC(C)(C)C. The Bertz CT molecular complexity index is 541. The van der Waals surface area contributed by atoms with E-state index in [-0.39, 0.29) is 5.54 Å². The second-order valence-corrected chi connectivity index (χ2v) is 7.66. The molecule has 1 N–H and O–H groups in total. The highest BCUT2D eigenvalue weighted by Gasteiger charge is 2.11. The highest BCUT2D eigenvalue weighted by molar-refractivity contribution is 7.09. The van der Waals surface area contributed by atoms with Crippen molar-refractivity contribution in [2.75, 3.05) is 7.05 Å². The van der Waals surface area contributed by atoms with Crippen LogP contribution in [-0.2, 0) is 19.6 Å². The molecule has 0 radical (unpaired) electrons. The van der Waals surface area contributed by atoms with Crippen LogP contribution >= 0.6 is 11.3 Å². The Morgan fingerprint density at radius 1 is 1.00 bits per heavy atom. The Morgan fingerprint density at radius 3 is 2.33 bits per heavy atom. The average molecular weight is 302 g/mol. The molecule has 0 saturated carbocycles. The number of hydrogen-bond donors (Lipinski definition) is 1. The van der Waals surface area contributed by atoms with Gasteiger partial charge in [-0.1, -0.05) is 30.3 Å². The quantitative estimate of drug-likeness (QED) is 0.857. The largest absolute Gasteiger partial charge is 0.308 e. The van der Waals surface area contributed by atoms with Crippen LogP contribution in [0.25, 0.3) is 0 Å². The Kier molecular flexibility index (Phi) is 5.57. The van der Waals surface area contributed by atoms with Crippen molar-refractivity contribution in [2.24, 2.45) is 0 Å². The maximum absolute atomic E-state index is 3.58. The van der Waals surface area contributed by atoms with Crippen molar-refractivity contribution in [3.05, 3.63) is 57.8 Å². The summed E-state index contributed by atoms with van der Waals surface area (Å²) in [6, 6.07) is 13.1. The van der Waals surface area contributed by atoms with E-state index < -0.39 is 0 Å². The van der Waals surface area contributed by atoms with Crippen molar-refractivity contribution in [1.29, 1.82) is 0 Å². The molecular weight excluding hydrogens is 276 g/mol. The molecule has 1 heterocycles. The molecule has 0 saturated heterocycles. The summed E-state index contributed by atoms with van der Waals surface area (Å²) in [5.41, 5.74) is 2.95. The van der Waals surface area contributed by atoms with Crippen LogP contribution in [0.15, 0.2) is 41.8 Å². The number of rotatable bonds is 6. The van der Waals surface area contributed by atoms with E-state index >= 15 is 0 Å². The summed E-state index contributed by atoms with van der Waals surface area (Å²) in [7, 11) is 2.19. The molecule has 21 heavy (non-hydrogen) atoms. The lowest BCUT2D eigenvalue weighted by atomic mass is 10.0. The number of thiophene rings is 1. The molecule has 1 aromatic heterocycles. The van der Waals surface area contributed by atoms with Gasteiger partial charge in [-0.3, -0.25) is 4.90 Å². The van der Waals surface area contributed by atoms with Gasteiger partial charge >= 0.3 is 0 Å². The van der Waals surface area contributed by atoms with Gasteiger partial charge in [0.25, 0.3) is 0 Å². The van der Waals surface area contributed by atoms with E-state index in [1.54, 1.807) is 0 Å². The van der Waals surface area contributed by atoms with Gasteiger partial charge in [-0.25, -0.2) is 0 Å². The molecule has 0 amide bonds. The van der Waals surface area contributed by atoms with Gasteiger partial charge in [0.05, 0.1) is 0 Å². The Balaban J connectivity index is 1.99. The molecule has 0 fully saturated rings. The highest BCUT2D eigenvalue weighted by Crippen LogP contribution is 2.16. The minimum atomic E-state index is 0.149. The third kappa shape index (κ3) is 5.62. The predicted molar refractivity (Wildman–Crippen MR) is 92.5 cm³/mol. The van der Waals surface area contributed by atoms with E-state index in [0.29, 0.717) is 0 Å². The van der Waals surface area contributed by atoms with E-state index in [0.717, 1.165) is 19.6 Å².